The molecule has 1 fully saturated rings. The highest BCUT2D eigenvalue weighted by Crippen LogP contribution is 2.26. The van der Waals surface area contributed by atoms with Crippen molar-refractivity contribution in [3.63, 3.8) is 0 Å². The highest BCUT2D eigenvalue weighted by molar-refractivity contribution is 5.89. The van der Waals surface area contributed by atoms with Crippen LogP contribution in [0.2, 0.25) is 0 Å². The lowest BCUT2D eigenvalue weighted by atomic mass is 9.96. The Hall–Kier alpha value is -4.16. The fourth-order valence-electron chi connectivity index (χ4n) is 4.83. The van der Waals surface area contributed by atoms with Crippen LogP contribution >= 0.6 is 0 Å². The first-order chi connectivity index (χ1) is 18.7. The van der Waals surface area contributed by atoms with Crippen LogP contribution in [-0.2, 0) is 19.5 Å². The first-order valence-electron chi connectivity index (χ1n) is 13.3. The lowest BCUT2D eigenvalue weighted by molar-refractivity contribution is 0.251. The van der Waals surface area contributed by atoms with Crippen molar-refractivity contribution in [1.29, 1.82) is 0 Å². The van der Waals surface area contributed by atoms with Crippen LogP contribution in [0.15, 0.2) is 97.3 Å². The lowest BCUT2D eigenvalue weighted by Gasteiger charge is -2.16. The molecule has 2 amide bonds. The van der Waals surface area contributed by atoms with Gasteiger partial charge in [0.1, 0.15) is 5.75 Å². The highest BCUT2D eigenvalue weighted by atomic mass is 16.5. The number of amides is 2. The van der Waals surface area contributed by atoms with E-state index < -0.39 is 0 Å². The maximum Gasteiger partial charge on any atom is 0.319 e. The predicted octanol–water partition coefficient (Wildman–Crippen LogP) is 6.29. The Bertz CT molecular complexity index is 1320. The van der Waals surface area contributed by atoms with E-state index in [1.807, 2.05) is 36.4 Å². The van der Waals surface area contributed by atoms with Gasteiger partial charge in [0.25, 0.3) is 0 Å². The molecule has 2 heterocycles. The van der Waals surface area contributed by atoms with Crippen LogP contribution in [0.3, 0.4) is 0 Å². The second kappa shape index (κ2) is 12.9. The molecule has 0 saturated carbocycles. The van der Waals surface area contributed by atoms with Crippen molar-refractivity contribution in [2.75, 3.05) is 25.0 Å². The number of ether oxygens (including phenoxy) is 1. The third-order valence-corrected chi connectivity index (χ3v) is 6.79. The molecule has 0 atom stereocenters. The SMILES string of the molecule is O=C(NCc1cccnc1)Nc1ccc(OCCc2ccccc2-c2cccc(CN3CCCC3)c2)cc1. The Morgan fingerprint density at radius 3 is 2.53 bits per heavy atom. The molecule has 0 unspecified atom stereocenters. The van der Waals surface area contributed by atoms with E-state index in [0.717, 1.165) is 24.3 Å². The minimum atomic E-state index is -0.261. The predicted molar refractivity (Wildman–Crippen MR) is 152 cm³/mol. The third-order valence-electron chi connectivity index (χ3n) is 6.79. The van der Waals surface area contributed by atoms with Crippen LogP contribution in [0.25, 0.3) is 11.1 Å². The Morgan fingerprint density at radius 1 is 0.895 bits per heavy atom. The van der Waals surface area contributed by atoms with Gasteiger partial charge in [0.05, 0.1) is 6.61 Å². The van der Waals surface area contributed by atoms with Crippen LogP contribution < -0.4 is 15.4 Å². The van der Waals surface area contributed by atoms with Crippen LogP contribution in [0, 0.1) is 0 Å². The van der Waals surface area contributed by atoms with E-state index in [-0.39, 0.29) is 6.03 Å². The van der Waals surface area contributed by atoms with Crippen LogP contribution in [0.1, 0.15) is 29.5 Å². The van der Waals surface area contributed by atoms with E-state index in [2.05, 4.69) is 69.0 Å². The molecule has 2 N–H and O–H groups in total. The van der Waals surface area contributed by atoms with E-state index in [1.54, 1.807) is 12.4 Å². The summed E-state index contributed by atoms with van der Waals surface area (Å²) in [6.07, 6.45) is 6.87. The van der Waals surface area contributed by atoms with Gasteiger partial charge in [-0.2, -0.15) is 0 Å². The zero-order chi connectivity index (χ0) is 26.0. The first kappa shape index (κ1) is 25.5. The van der Waals surface area contributed by atoms with E-state index in [0.29, 0.717) is 18.8 Å². The average Bonchev–Trinajstić information content (AvgIpc) is 3.47. The van der Waals surface area contributed by atoms with Crippen LogP contribution in [0.5, 0.6) is 5.75 Å². The quantitative estimate of drug-likeness (QED) is 0.265. The van der Waals surface area contributed by atoms with Gasteiger partial charge in [0.2, 0.25) is 0 Å². The molecule has 194 valence electrons. The summed E-state index contributed by atoms with van der Waals surface area (Å²) >= 11 is 0. The van der Waals surface area contributed by atoms with E-state index in [1.165, 1.54) is 48.2 Å². The van der Waals surface area contributed by atoms with Crippen molar-refractivity contribution in [1.82, 2.24) is 15.2 Å². The van der Waals surface area contributed by atoms with Gasteiger partial charge in [0, 0.05) is 37.6 Å². The number of pyridine rings is 1. The summed E-state index contributed by atoms with van der Waals surface area (Å²) in [7, 11) is 0. The third kappa shape index (κ3) is 7.20. The summed E-state index contributed by atoms with van der Waals surface area (Å²) in [6.45, 7) is 4.42. The Morgan fingerprint density at radius 2 is 1.71 bits per heavy atom. The standard InChI is InChI=1S/C32H34N4O2/c37-32(34-23-26-8-6-17-33-22-26)35-29-12-14-30(15-13-29)38-20-16-27-9-1-2-11-31(27)28-10-5-7-25(21-28)24-36-18-3-4-19-36/h1-2,5-15,17,21-22H,3-4,16,18-20,23-24H2,(H2,34,35,37). The number of urea groups is 1. The highest BCUT2D eigenvalue weighted by Gasteiger charge is 2.13. The Labute approximate surface area is 224 Å². The summed E-state index contributed by atoms with van der Waals surface area (Å²) in [5.41, 5.74) is 6.82. The van der Waals surface area contributed by atoms with Gasteiger partial charge in [-0.25, -0.2) is 4.79 Å². The number of anilines is 1. The number of aromatic nitrogens is 1. The van der Waals surface area contributed by atoms with Crippen molar-refractivity contribution in [3.05, 3.63) is 114 Å². The molecule has 3 aromatic carbocycles. The summed E-state index contributed by atoms with van der Waals surface area (Å²) in [5, 5.41) is 5.68. The summed E-state index contributed by atoms with van der Waals surface area (Å²) < 4.78 is 6.04. The maximum absolute atomic E-state index is 12.2. The number of nitrogens with one attached hydrogen (secondary N) is 2. The molecular formula is C32H34N4O2. The lowest BCUT2D eigenvalue weighted by Crippen LogP contribution is -2.28. The van der Waals surface area contributed by atoms with Crippen molar-refractivity contribution >= 4 is 11.7 Å². The second-order valence-electron chi connectivity index (χ2n) is 9.63. The molecule has 38 heavy (non-hydrogen) atoms. The largest absolute Gasteiger partial charge is 0.493 e. The monoisotopic (exact) mass is 506 g/mol. The minimum absolute atomic E-state index is 0.261. The number of rotatable bonds is 10. The number of benzene rings is 3. The number of carbonyl (C=O) groups excluding carboxylic acids is 1. The van der Waals surface area contributed by atoms with Gasteiger partial charge in [0.15, 0.2) is 0 Å². The molecule has 1 aliphatic rings. The number of nitrogens with zero attached hydrogens (tertiary/aromatic N) is 2. The summed E-state index contributed by atoms with van der Waals surface area (Å²) in [6, 6.07) is 28.5. The molecule has 0 aliphatic carbocycles. The summed E-state index contributed by atoms with van der Waals surface area (Å²) in [4.78, 5) is 18.8. The molecule has 5 rings (SSSR count). The van der Waals surface area contributed by atoms with Crippen molar-refractivity contribution in [2.45, 2.75) is 32.4 Å². The number of hydrogen-bond donors (Lipinski definition) is 2. The molecule has 6 nitrogen and oxygen atoms in total. The Balaban J connectivity index is 1.13. The molecule has 0 bridgehead atoms. The van der Waals surface area contributed by atoms with Gasteiger partial charge < -0.3 is 15.4 Å². The normalized spacial score (nSPS) is 13.3. The van der Waals surface area contributed by atoms with Crippen molar-refractivity contribution in [2.24, 2.45) is 0 Å². The zero-order valence-electron chi connectivity index (χ0n) is 21.6. The van der Waals surface area contributed by atoms with Gasteiger partial charge in [-0.1, -0.05) is 48.5 Å². The van der Waals surface area contributed by atoms with E-state index in [9.17, 15) is 4.79 Å². The fourth-order valence-corrected chi connectivity index (χ4v) is 4.83. The van der Waals surface area contributed by atoms with E-state index >= 15 is 0 Å². The molecule has 0 spiro atoms. The smallest absolute Gasteiger partial charge is 0.319 e. The first-order valence-corrected chi connectivity index (χ1v) is 13.3. The number of carbonyl (C=O) groups is 1. The van der Waals surface area contributed by atoms with Crippen LogP contribution in [-0.4, -0.2) is 35.6 Å². The van der Waals surface area contributed by atoms with Crippen LogP contribution in [0.4, 0.5) is 10.5 Å². The van der Waals surface area contributed by atoms with Gasteiger partial charge in [-0.05, 0) is 90.1 Å². The topological polar surface area (TPSA) is 66.5 Å². The zero-order valence-corrected chi connectivity index (χ0v) is 21.6. The molecule has 1 aromatic heterocycles. The minimum Gasteiger partial charge on any atom is -0.493 e. The Kier molecular flexibility index (Phi) is 8.64. The number of hydrogen-bond acceptors (Lipinski definition) is 4. The van der Waals surface area contributed by atoms with E-state index in [4.69, 9.17) is 4.74 Å². The van der Waals surface area contributed by atoms with Crippen molar-refractivity contribution in [3.8, 4) is 16.9 Å². The molecule has 4 aromatic rings. The maximum atomic E-state index is 12.2. The molecule has 6 heteroatoms. The summed E-state index contributed by atoms with van der Waals surface area (Å²) in [5.74, 6) is 0.774. The molecular weight excluding hydrogens is 472 g/mol. The second-order valence-corrected chi connectivity index (χ2v) is 9.63. The molecule has 1 aliphatic heterocycles. The molecule has 0 radical (unpaired) electrons. The van der Waals surface area contributed by atoms with Crippen molar-refractivity contribution < 1.29 is 9.53 Å². The molecule has 1 saturated heterocycles. The van der Waals surface area contributed by atoms with Gasteiger partial charge in [-0.3, -0.25) is 9.88 Å². The number of likely N-dealkylation sites (tertiary alicyclic amines) is 1. The van der Waals surface area contributed by atoms with Gasteiger partial charge in [-0.15, -0.1) is 0 Å². The average molecular weight is 507 g/mol. The fraction of sp³-hybridized carbons (Fsp3) is 0.250. The van der Waals surface area contributed by atoms with Gasteiger partial charge >= 0.3 is 6.03 Å².